The first kappa shape index (κ1) is 55.8. The number of carbonyl (C=O) groups excluding carboxylic acids is 1. The monoisotopic (exact) mass is 1030 g/mol. The highest BCUT2D eigenvalue weighted by atomic mass is 16.8. The third kappa shape index (κ3) is 9.08. The fraction of sp³-hybridized carbons (Fsp3) is 0.902. The molecule has 21 nitrogen and oxygen atoms in total. The Labute approximate surface area is 419 Å². The molecule has 0 bridgehead atoms. The maximum Gasteiger partial charge on any atom is 0.335 e. The van der Waals surface area contributed by atoms with Gasteiger partial charge in [0.05, 0.1) is 25.4 Å². The zero-order valence-electron chi connectivity index (χ0n) is 42.6. The first-order valence-corrected chi connectivity index (χ1v) is 25.8. The minimum atomic E-state index is -2.10. The lowest BCUT2D eigenvalue weighted by Crippen LogP contribution is -2.68. The molecule has 72 heavy (non-hydrogen) atoms. The molecule has 8 aliphatic rings. The molecule has 25 atom stereocenters. The van der Waals surface area contributed by atoms with E-state index in [-0.39, 0.29) is 46.0 Å². The van der Waals surface area contributed by atoms with E-state index in [4.69, 9.17) is 33.2 Å². The third-order valence-electron chi connectivity index (χ3n) is 20.0. The van der Waals surface area contributed by atoms with Gasteiger partial charge < -0.3 is 89.3 Å². The van der Waals surface area contributed by atoms with Gasteiger partial charge in [-0.3, -0.25) is 9.59 Å². The lowest BCUT2D eigenvalue weighted by Gasteiger charge is -2.72. The Morgan fingerprint density at radius 3 is 1.92 bits per heavy atom. The first-order chi connectivity index (χ1) is 33.5. The van der Waals surface area contributed by atoms with Crippen LogP contribution in [0, 0.1) is 50.2 Å². The van der Waals surface area contributed by atoms with Crippen LogP contribution in [0.25, 0.3) is 0 Å². The van der Waals surface area contributed by atoms with Crippen LogP contribution in [0.1, 0.15) is 120 Å². The SMILES string of the molecule is C[C@@H]1O[C@@H](O[C@H]2[C@H](O[C@H]3[C@H](O[C@H]4CC[C@@]5(C)C(CC[C@]6(C)[C@@H]5CC=C5[C@@H]7CC(C)(C)C[C@@H](OC(=O)CC(=O)O)[C@]7(C)CC[C@]56C)[C@@]4(C)CO)O[C@H](C(=O)O)[C@@H](O)[C@@H]3O)O[C@H](CO)[C@H](O)[C@@H]2O)[C@H](O)[C@H](O)[C@H]1O. The largest absolute Gasteiger partial charge is 0.481 e. The van der Waals surface area contributed by atoms with E-state index in [1.807, 2.05) is 6.92 Å². The second kappa shape index (κ2) is 19.8. The Hall–Kier alpha value is -2.45. The number of allylic oxidation sites excluding steroid dienone is 2. The van der Waals surface area contributed by atoms with Gasteiger partial charge in [-0.1, -0.05) is 60.1 Å². The molecule has 5 aliphatic carbocycles. The number of hydrogen-bond acceptors (Lipinski definition) is 19. The summed E-state index contributed by atoms with van der Waals surface area (Å²) in [6.07, 6.45) is -19.9. The first-order valence-electron chi connectivity index (χ1n) is 25.8. The van der Waals surface area contributed by atoms with Crippen molar-refractivity contribution in [3.63, 3.8) is 0 Å². The van der Waals surface area contributed by atoms with E-state index in [0.717, 1.165) is 32.1 Å². The Balaban J connectivity index is 1.07. The summed E-state index contributed by atoms with van der Waals surface area (Å²) in [6, 6.07) is 0. The quantitative estimate of drug-likeness (QED) is 0.0555. The predicted molar refractivity (Wildman–Crippen MR) is 247 cm³/mol. The number of rotatable bonds is 12. The molecule has 1 unspecified atom stereocenters. The van der Waals surface area contributed by atoms with Crippen LogP contribution >= 0.6 is 0 Å². The van der Waals surface area contributed by atoms with Crippen molar-refractivity contribution in [3.05, 3.63) is 11.6 Å². The fourth-order valence-electron chi connectivity index (χ4n) is 15.6. The molecule has 3 saturated heterocycles. The number of aliphatic hydroxyl groups is 9. The molecule has 0 aromatic heterocycles. The summed E-state index contributed by atoms with van der Waals surface area (Å²) < 4.78 is 42.3. The summed E-state index contributed by atoms with van der Waals surface area (Å²) in [5.41, 5.74) is -1.01. The average Bonchev–Trinajstić information content (AvgIpc) is 3.30. The van der Waals surface area contributed by atoms with Gasteiger partial charge in [-0.15, -0.1) is 0 Å². The zero-order chi connectivity index (χ0) is 53.0. The topological polar surface area (TPSA) is 338 Å². The van der Waals surface area contributed by atoms with Crippen molar-refractivity contribution in [3.8, 4) is 0 Å². The van der Waals surface area contributed by atoms with Gasteiger partial charge in [0.15, 0.2) is 25.0 Å². The molecule has 3 heterocycles. The number of hydrogen-bond donors (Lipinski definition) is 11. The second-order valence-corrected chi connectivity index (χ2v) is 24.6. The van der Waals surface area contributed by atoms with Crippen LogP contribution in [0.15, 0.2) is 11.6 Å². The second-order valence-electron chi connectivity index (χ2n) is 24.6. The summed E-state index contributed by atoms with van der Waals surface area (Å²) in [5, 5.41) is 118. The standard InChI is InChI=1S/C51H80O21/c1-22-32(57)34(59)38(63)43(66-22)71-40-35(60)33(58)25(20-52)67-44(40)72-41-37(62)36(61)39(42(64)65)70-45(41)69-28-12-13-48(5)26(49(28,6)21-53)11-14-51(8)27(48)10-9-23-24-18-46(2,3)19-29(68-31(56)17-30(54)55)47(24,4)15-16-50(23,51)7/h9,22,24-29,32-41,43-45,52-53,57-63H,10-21H2,1-8H3,(H,54,55)(H,64,65)/t22-,24-,25+,26?,27+,28-,29+,32-,33-,34+,35-,36-,37-,38+,39-,40+,41+,43-,44-,45+,47+,48-,49+,50+,51+/m0/s1. The number of carbonyl (C=O) groups is 3. The summed E-state index contributed by atoms with van der Waals surface area (Å²) in [4.78, 5) is 36.9. The minimum absolute atomic E-state index is 0.0912. The van der Waals surface area contributed by atoms with Crippen molar-refractivity contribution in [2.45, 2.75) is 224 Å². The summed E-state index contributed by atoms with van der Waals surface area (Å²) in [5.74, 6) is -3.50. The number of fused-ring (bicyclic) bond motifs is 7. The van der Waals surface area contributed by atoms with Gasteiger partial charge in [0.2, 0.25) is 0 Å². The molecule has 0 radical (unpaired) electrons. The number of aliphatic carboxylic acids is 2. The molecule has 7 fully saturated rings. The highest BCUT2D eigenvalue weighted by molar-refractivity contribution is 5.90. The Kier molecular flexibility index (Phi) is 15.4. The zero-order valence-corrected chi connectivity index (χ0v) is 42.6. The van der Waals surface area contributed by atoms with Crippen molar-refractivity contribution in [1.29, 1.82) is 0 Å². The highest BCUT2D eigenvalue weighted by Crippen LogP contribution is 2.76. The van der Waals surface area contributed by atoms with E-state index >= 15 is 0 Å². The molecular weight excluding hydrogens is 949 g/mol. The molecule has 0 aromatic rings. The van der Waals surface area contributed by atoms with E-state index in [1.165, 1.54) is 12.5 Å². The van der Waals surface area contributed by atoms with Gasteiger partial charge in [0, 0.05) is 10.8 Å². The molecule has 0 spiro atoms. The Morgan fingerprint density at radius 1 is 0.653 bits per heavy atom. The third-order valence-corrected chi connectivity index (χ3v) is 20.0. The fourth-order valence-corrected chi connectivity index (χ4v) is 15.6. The summed E-state index contributed by atoms with van der Waals surface area (Å²) in [7, 11) is 0. The van der Waals surface area contributed by atoms with Crippen LogP contribution in [-0.2, 0) is 47.5 Å². The van der Waals surface area contributed by atoms with Crippen LogP contribution in [0.3, 0.4) is 0 Å². The van der Waals surface area contributed by atoms with Crippen LogP contribution in [0.5, 0.6) is 0 Å². The average molecular weight is 1030 g/mol. The van der Waals surface area contributed by atoms with Gasteiger partial charge >= 0.3 is 17.9 Å². The number of carboxylic acid groups (broad SMARTS) is 2. The molecule has 4 saturated carbocycles. The predicted octanol–water partition coefficient (Wildman–Crippen LogP) is 0.730. The van der Waals surface area contributed by atoms with Gasteiger partial charge in [0.1, 0.15) is 73.6 Å². The lowest BCUT2D eigenvalue weighted by molar-refractivity contribution is -0.396. The maximum atomic E-state index is 12.9. The van der Waals surface area contributed by atoms with E-state index in [1.54, 1.807) is 0 Å². The molecule has 11 N–H and O–H groups in total. The summed E-state index contributed by atoms with van der Waals surface area (Å²) >= 11 is 0. The summed E-state index contributed by atoms with van der Waals surface area (Å²) in [6.45, 7) is 15.8. The maximum absolute atomic E-state index is 12.9. The number of aliphatic hydroxyl groups excluding tert-OH is 9. The van der Waals surface area contributed by atoms with Crippen LogP contribution < -0.4 is 0 Å². The van der Waals surface area contributed by atoms with Crippen LogP contribution in [0.4, 0.5) is 0 Å². The van der Waals surface area contributed by atoms with Gasteiger partial charge in [-0.2, -0.15) is 0 Å². The van der Waals surface area contributed by atoms with E-state index in [0.29, 0.717) is 25.7 Å². The van der Waals surface area contributed by atoms with Gasteiger partial charge in [-0.25, -0.2) is 4.79 Å². The van der Waals surface area contributed by atoms with Crippen molar-refractivity contribution in [1.82, 2.24) is 0 Å². The molecule has 0 amide bonds. The van der Waals surface area contributed by atoms with Crippen LogP contribution in [-0.4, -0.2) is 192 Å². The van der Waals surface area contributed by atoms with Gasteiger partial charge in [0.25, 0.3) is 0 Å². The molecule has 21 heteroatoms. The molecule has 0 aromatic carbocycles. The molecule has 8 rings (SSSR count). The lowest BCUT2D eigenvalue weighted by atomic mass is 9.33. The normalized spacial score (nSPS) is 52.1. The van der Waals surface area contributed by atoms with Crippen molar-refractivity contribution < 1.29 is 104 Å². The molecule has 3 aliphatic heterocycles. The van der Waals surface area contributed by atoms with Gasteiger partial charge in [-0.05, 0) is 104 Å². The van der Waals surface area contributed by atoms with Crippen molar-refractivity contribution in [2.24, 2.45) is 50.2 Å². The molecular formula is C51H80O21. The Bertz CT molecular complexity index is 2050. The number of carboxylic acids is 2. The number of ether oxygens (including phenoxy) is 7. The molecule has 410 valence electrons. The van der Waals surface area contributed by atoms with Crippen molar-refractivity contribution in [2.75, 3.05) is 13.2 Å². The van der Waals surface area contributed by atoms with E-state index in [2.05, 4.69) is 47.6 Å². The van der Waals surface area contributed by atoms with Crippen LogP contribution in [0.2, 0.25) is 0 Å². The number of esters is 1. The highest BCUT2D eigenvalue weighted by Gasteiger charge is 2.70. The van der Waals surface area contributed by atoms with E-state index < -0.39 is 146 Å². The van der Waals surface area contributed by atoms with Crippen molar-refractivity contribution >= 4 is 17.9 Å². The Morgan fingerprint density at radius 2 is 1.29 bits per heavy atom. The van der Waals surface area contributed by atoms with E-state index in [9.17, 15) is 70.6 Å². The minimum Gasteiger partial charge on any atom is -0.481 e. The smallest absolute Gasteiger partial charge is 0.335 e.